The lowest BCUT2D eigenvalue weighted by atomic mass is 9.87. The Balaban J connectivity index is 0.000000367. The van der Waals surface area contributed by atoms with Crippen LogP contribution in [0.4, 0.5) is 38.3 Å². The van der Waals surface area contributed by atoms with Crippen molar-refractivity contribution in [3.8, 4) is 0 Å². The predicted octanol–water partition coefficient (Wildman–Crippen LogP) is 9.11. The Hall–Kier alpha value is -2.30. The number of nitrogens with one attached hydrogen (secondary N) is 1. The average Bonchev–Trinajstić information content (AvgIpc) is 2.60. The number of benzene rings is 1. The molecule has 2 rings (SSSR count). The molecule has 1 heterocycles. The number of alkyl halides is 3. The van der Waals surface area contributed by atoms with Crippen molar-refractivity contribution >= 4 is 15.9 Å². The normalized spacial score (nSPS) is 14.6. The largest absolute Gasteiger partial charge is 0.417 e. The molecule has 0 radical (unpaired) electrons. The minimum atomic E-state index is -9.59. The molecule has 0 spiro atoms. The third-order valence-corrected chi connectivity index (χ3v) is 5.70. The second-order valence-electron chi connectivity index (χ2n) is 7.52. The maximum absolute atomic E-state index is 12.5. The summed E-state index contributed by atoms with van der Waals surface area (Å²) in [6, 6.07) is 5.08. The fourth-order valence-corrected chi connectivity index (χ4v) is 2.64. The van der Waals surface area contributed by atoms with Gasteiger partial charge in [0.2, 0.25) is 0 Å². The highest BCUT2D eigenvalue weighted by Crippen LogP contribution is 3.02. The summed E-state index contributed by atoms with van der Waals surface area (Å²) in [5.74, 6) is 0. The van der Waals surface area contributed by atoms with Gasteiger partial charge in [-0.3, -0.25) is 4.98 Å². The van der Waals surface area contributed by atoms with E-state index >= 15 is 0 Å². The van der Waals surface area contributed by atoms with E-state index in [2.05, 4.69) is 16.9 Å². The Morgan fingerprint density at radius 2 is 1.48 bits per heavy atom. The molecule has 0 fully saturated rings. The highest BCUT2D eigenvalue weighted by atomic mass is 32.5. The van der Waals surface area contributed by atoms with Crippen LogP contribution in [-0.4, -0.2) is 4.98 Å². The molecule has 1 N–H and O–H groups in total. The molecule has 176 valence electrons. The molecule has 0 saturated heterocycles. The smallest absolute Gasteiger partial charge is 0.359 e. The van der Waals surface area contributed by atoms with E-state index in [0.29, 0.717) is 29.2 Å². The number of allylic oxidation sites excluding steroid dienone is 1. The van der Waals surface area contributed by atoms with Crippen LogP contribution in [0.3, 0.4) is 0 Å². The Bertz CT molecular complexity index is 900. The van der Waals surface area contributed by atoms with Crippen molar-refractivity contribution in [3.63, 3.8) is 0 Å². The van der Waals surface area contributed by atoms with Crippen molar-refractivity contribution in [2.75, 3.05) is 5.32 Å². The topological polar surface area (TPSA) is 24.9 Å². The van der Waals surface area contributed by atoms with Crippen molar-refractivity contribution in [2.24, 2.45) is 5.41 Å². The first-order chi connectivity index (χ1) is 13.7. The maximum atomic E-state index is 12.5. The van der Waals surface area contributed by atoms with E-state index in [9.17, 15) is 32.6 Å². The van der Waals surface area contributed by atoms with Gasteiger partial charge in [-0.1, -0.05) is 46.8 Å². The first kappa shape index (κ1) is 26.7. The van der Waals surface area contributed by atoms with Crippen LogP contribution in [0.2, 0.25) is 0 Å². The summed E-state index contributed by atoms with van der Waals surface area (Å²) < 4.78 is 98.4. The number of nitrogens with zero attached hydrogens (tertiary/aromatic N) is 1. The Morgan fingerprint density at radius 3 is 1.84 bits per heavy atom. The molecule has 0 unspecified atom stereocenters. The lowest BCUT2D eigenvalue weighted by Crippen LogP contribution is -2.18. The molecular weight excluding hydrogens is 452 g/mol. The van der Waals surface area contributed by atoms with Crippen molar-refractivity contribution in [3.05, 3.63) is 66.1 Å². The van der Waals surface area contributed by atoms with Gasteiger partial charge in [-0.2, -0.15) is 13.2 Å². The second-order valence-corrected chi connectivity index (χ2v) is 9.93. The minimum Gasteiger partial charge on any atom is -0.359 e. The highest BCUT2D eigenvalue weighted by Gasteiger charge is 2.65. The van der Waals surface area contributed by atoms with Gasteiger partial charge in [0.25, 0.3) is 0 Å². The molecule has 31 heavy (non-hydrogen) atoms. The van der Waals surface area contributed by atoms with E-state index in [1.54, 1.807) is 6.92 Å². The predicted molar refractivity (Wildman–Crippen MR) is 109 cm³/mol. The zero-order chi connectivity index (χ0) is 24.4. The van der Waals surface area contributed by atoms with E-state index < -0.39 is 26.9 Å². The molecule has 0 aliphatic rings. The van der Waals surface area contributed by atoms with Crippen molar-refractivity contribution in [1.82, 2.24) is 4.98 Å². The van der Waals surface area contributed by atoms with Gasteiger partial charge in [0, 0.05) is 28.7 Å². The number of aromatic nitrogens is 1. The molecule has 0 amide bonds. The van der Waals surface area contributed by atoms with Crippen molar-refractivity contribution in [2.45, 2.75) is 45.2 Å². The first-order valence-corrected chi connectivity index (χ1v) is 10.9. The first-order valence-electron chi connectivity index (χ1n) is 8.96. The van der Waals surface area contributed by atoms with Gasteiger partial charge in [-0.05, 0) is 49.7 Å². The summed E-state index contributed by atoms with van der Waals surface area (Å²) in [5, 5.41) is 2.84. The van der Waals surface area contributed by atoms with E-state index in [0.717, 1.165) is 30.8 Å². The van der Waals surface area contributed by atoms with Crippen molar-refractivity contribution in [1.29, 1.82) is 0 Å². The number of aryl methyl sites for hydroxylation is 1. The van der Waals surface area contributed by atoms with E-state index in [1.165, 1.54) is 6.07 Å². The SMILES string of the molecule is C=C(Nc1ccc(S(F)(F)(F)(F)F)cc1)C(C)(C)CC.Cc1ccc(C(F)(F)F)cn1. The molecule has 0 aliphatic heterocycles. The van der Waals surface area contributed by atoms with Crippen LogP contribution < -0.4 is 5.32 Å². The third-order valence-electron chi connectivity index (χ3n) is 4.53. The van der Waals surface area contributed by atoms with E-state index in [4.69, 9.17) is 0 Å². The molecule has 2 nitrogen and oxygen atoms in total. The number of pyridine rings is 1. The Labute approximate surface area is 176 Å². The van der Waals surface area contributed by atoms with Crippen LogP contribution >= 0.6 is 10.2 Å². The van der Waals surface area contributed by atoms with Crippen LogP contribution in [0.15, 0.2) is 59.8 Å². The van der Waals surface area contributed by atoms with Crippen LogP contribution in [0.5, 0.6) is 0 Å². The monoisotopic (exact) mass is 476 g/mol. The Kier molecular flexibility index (Phi) is 6.89. The van der Waals surface area contributed by atoms with Crippen LogP contribution in [-0.2, 0) is 6.18 Å². The number of hydrogen-bond acceptors (Lipinski definition) is 2. The lowest BCUT2D eigenvalue weighted by Gasteiger charge is -2.40. The van der Waals surface area contributed by atoms with Crippen LogP contribution in [0.1, 0.15) is 38.4 Å². The van der Waals surface area contributed by atoms with Gasteiger partial charge in [0.1, 0.15) is 4.90 Å². The molecular formula is C20H24F8N2S. The maximum Gasteiger partial charge on any atom is 0.417 e. The van der Waals surface area contributed by atoms with E-state index in [-0.39, 0.29) is 5.41 Å². The summed E-state index contributed by atoms with van der Waals surface area (Å²) in [6.07, 6.45) is -2.67. The lowest BCUT2D eigenvalue weighted by molar-refractivity contribution is -0.137. The number of hydrogen-bond donors (Lipinski definition) is 1. The molecule has 2 aromatic rings. The zero-order valence-corrected chi connectivity index (χ0v) is 18.2. The summed E-state index contributed by atoms with van der Waals surface area (Å²) in [4.78, 5) is 1.63. The van der Waals surface area contributed by atoms with Gasteiger partial charge in [0.05, 0.1) is 5.56 Å². The summed E-state index contributed by atoms with van der Waals surface area (Å²) in [5.41, 5.74) is 0.530. The standard InChI is InChI=1S/C13H18F5NS.C7H6F3N/c1-5-13(3,4)10(2)19-11-6-8-12(9-7-11)20(14,15,16,17)18;1-5-2-3-6(4-11-5)7(8,9)10/h6-9,19H,2,5H2,1,3-4H3;2-4H,1H3. The fourth-order valence-electron chi connectivity index (χ4n) is 1.99. The zero-order valence-electron chi connectivity index (χ0n) is 17.3. The third kappa shape index (κ3) is 8.39. The van der Waals surface area contributed by atoms with Crippen LogP contribution in [0.25, 0.3) is 0 Å². The average molecular weight is 476 g/mol. The Morgan fingerprint density at radius 1 is 0.968 bits per heavy atom. The van der Waals surface area contributed by atoms with Gasteiger partial charge in [-0.25, -0.2) is 0 Å². The molecule has 0 bridgehead atoms. The summed E-state index contributed by atoms with van der Waals surface area (Å²) in [7, 11) is -9.59. The van der Waals surface area contributed by atoms with Gasteiger partial charge in [0.15, 0.2) is 0 Å². The quantitative estimate of drug-likeness (QED) is 0.435. The molecule has 11 heteroatoms. The fraction of sp³-hybridized carbons (Fsp3) is 0.350. The number of halogens is 8. The van der Waals surface area contributed by atoms with Gasteiger partial charge in [-0.15, -0.1) is 0 Å². The summed E-state index contributed by atoms with van der Waals surface area (Å²) >= 11 is 0. The molecule has 0 saturated carbocycles. The number of rotatable bonds is 5. The molecule has 0 aliphatic carbocycles. The minimum absolute atomic E-state index is 0.251. The summed E-state index contributed by atoms with van der Waals surface area (Å²) in [6.45, 7) is 11.2. The van der Waals surface area contributed by atoms with Gasteiger partial charge < -0.3 is 5.32 Å². The highest BCUT2D eigenvalue weighted by molar-refractivity contribution is 8.45. The molecule has 1 aromatic heterocycles. The van der Waals surface area contributed by atoms with E-state index in [1.807, 2.05) is 20.8 Å². The second kappa shape index (κ2) is 7.99. The van der Waals surface area contributed by atoms with Crippen LogP contribution in [0, 0.1) is 12.3 Å². The number of anilines is 1. The molecule has 0 atom stereocenters. The van der Waals surface area contributed by atoms with Gasteiger partial charge >= 0.3 is 16.4 Å². The van der Waals surface area contributed by atoms with Crippen molar-refractivity contribution < 1.29 is 32.6 Å². The molecule has 1 aromatic carbocycles.